The number of carbonyl (C=O) groups excluding carboxylic acids is 2. The summed E-state index contributed by atoms with van der Waals surface area (Å²) >= 11 is 6.18. The van der Waals surface area contributed by atoms with Gasteiger partial charge in [0.2, 0.25) is 11.8 Å². The first-order valence-corrected chi connectivity index (χ1v) is 11.7. The summed E-state index contributed by atoms with van der Waals surface area (Å²) in [6.45, 7) is 5.61. The van der Waals surface area contributed by atoms with E-state index < -0.39 is 29.1 Å². The first kappa shape index (κ1) is 26.4. The zero-order valence-corrected chi connectivity index (χ0v) is 20.8. The summed E-state index contributed by atoms with van der Waals surface area (Å²) in [5.74, 6) is -1.80. The third-order valence-corrected chi connectivity index (χ3v) is 5.78. The molecule has 1 unspecified atom stereocenters. The predicted molar refractivity (Wildman–Crippen MR) is 134 cm³/mol. The fourth-order valence-corrected chi connectivity index (χ4v) is 3.98. The Hall–Kier alpha value is -3.25. The Balaban J connectivity index is 2.02. The van der Waals surface area contributed by atoms with Crippen LogP contribution >= 0.6 is 11.6 Å². The molecule has 3 aromatic rings. The number of carbonyl (C=O) groups is 2. The van der Waals surface area contributed by atoms with Crippen molar-refractivity contribution < 1.29 is 18.4 Å². The minimum atomic E-state index is -0.889. The van der Waals surface area contributed by atoms with Gasteiger partial charge in [-0.3, -0.25) is 9.59 Å². The van der Waals surface area contributed by atoms with Gasteiger partial charge >= 0.3 is 0 Å². The van der Waals surface area contributed by atoms with E-state index in [9.17, 15) is 18.4 Å². The maximum atomic E-state index is 14.5. The van der Waals surface area contributed by atoms with E-state index in [1.807, 2.05) is 51.1 Å². The minimum Gasteiger partial charge on any atom is -0.350 e. The van der Waals surface area contributed by atoms with E-state index in [0.717, 1.165) is 5.56 Å². The molecule has 2 amide bonds. The van der Waals surface area contributed by atoms with Crippen molar-refractivity contribution in [1.29, 1.82) is 0 Å². The molecule has 0 saturated heterocycles. The quantitative estimate of drug-likeness (QED) is 0.432. The Bertz CT molecular complexity index is 1140. The first-order valence-electron chi connectivity index (χ1n) is 11.4. The van der Waals surface area contributed by atoms with Gasteiger partial charge in [-0.1, -0.05) is 60.1 Å². The molecular weight excluding hydrogens is 470 g/mol. The van der Waals surface area contributed by atoms with Crippen LogP contribution in [0.4, 0.5) is 8.78 Å². The average molecular weight is 499 g/mol. The Labute approximate surface area is 209 Å². The number of nitrogens with zero attached hydrogens (tertiary/aromatic N) is 1. The van der Waals surface area contributed by atoms with E-state index in [4.69, 9.17) is 11.6 Å². The van der Waals surface area contributed by atoms with Gasteiger partial charge in [-0.15, -0.1) is 0 Å². The molecule has 1 atom stereocenters. The second-order valence-electron chi connectivity index (χ2n) is 9.47. The molecule has 0 aliphatic rings. The molecule has 7 heteroatoms. The van der Waals surface area contributed by atoms with Crippen LogP contribution in [0, 0.1) is 11.6 Å². The number of amides is 2. The highest BCUT2D eigenvalue weighted by atomic mass is 35.5. The zero-order chi connectivity index (χ0) is 25.6. The smallest absolute Gasteiger partial charge is 0.243 e. The normalized spacial score (nSPS) is 12.2. The van der Waals surface area contributed by atoms with Gasteiger partial charge in [0.05, 0.1) is 6.42 Å². The molecule has 0 heterocycles. The summed E-state index contributed by atoms with van der Waals surface area (Å²) in [5.41, 5.74) is 1.03. The fraction of sp³-hybridized carbons (Fsp3) is 0.286. The number of rotatable bonds is 8. The van der Waals surface area contributed by atoms with E-state index in [1.165, 1.54) is 35.2 Å². The van der Waals surface area contributed by atoms with Gasteiger partial charge in [-0.25, -0.2) is 8.78 Å². The van der Waals surface area contributed by atoms with Crippen LogP contribution in [0.2, 0.25) is 5.02 Å². The van der Waals surface area contributed by atoms with Gasteiger partial charge in [-0.05, 0) is 56.2 Å². The molecule has 0 aliphatic carbocycles. The highest BCUT2D eigenvalue weighted by Crippen LogP contribution is 2.23. The van der Waals surface area contributed by atoms with Crippen LogP contribution in [0.5, 0.6) is 0 Å². The van der Waals surface area contributed by atoms with Crippen molar-refractivity contribution in [2.45, 2.75) is 51.7 Å². The SMILES string of the molecule is CC(C)(C)NC(=O)C(Cc1ccccc1)N(Cc1ccc(F)cc1)C(=O)Cc1c(F)cccc1Cl. The lowest BCUT2D eigenvalue weighted by Gasteiger charge is -2.34. The standard InChI is InChI=1S/C28H29ClF2N2O2/c1-28(2,3)32-27(35)25(16-19-8-5-4-6-9-19)33(18-20-12-14-21(30)15-13-20)26(34)17-22-23(29)10-7-11-24(22)31/h4-15,25H,16-18H2,1-3H3,(H,32,35). The van der Waals surface area contributed by atoms with Crippen molar-refractivity contribution in [3.8, 4) is 0 Å². The lowest BCUT2D eigenvalue weighted by atomic mass is 9.99. The molecule has 0 fully saturated rings. The largest absolute Gasteiger partial charge is 0.350 e. The summed E-state index contributed by atoms with van der Waals surface area (Å²) in [4.78, 5) is 28.5. The third kappa shape index (κ3) is 7.62. The molecule has 3 aromatic carbocycles. The molecule has 0 aliphatic heterocycles. The summed E-state index contributed by atoms with van der Waals surface area (Å²) in [6.07, 6.45) is -0.0680. The molecule has 0 saturated carbocycles. The van der Waals surface area contributed by atoms with Gasteiger partial charge in [0.1, 0.15) is 17.7 Å². The average Bonchev–Trinajstić information content (AvgIpc) is 2.79. The van der Waals surface area contributed by atoms with Crippen molar-refractivity contribution in [2.75, 3.05) is 0 Å². The van der Waals surface area contributed by atoms with E-state index in [-0.39, 0.29) is 35.9 Å². The summed E-state index contributed by atoms with van der Waals surface area (Å²) in [6, 6.07) is 18.4. The lowest BCUT2D eigenvalue weighted by Crippen LogP contribution is -2.54. The molecule has 184 valence electrons. The number of hydrogen-bond acceptors (Lipinski definition) is 2. The highest BCUT2D eigenvalue weighted by Gasteiger charge is 2.32. The highest BCUT2D eigenvalue weighted by molar-refractivity contribution is 6.31. The van der Waals surface area contributed by atoms with E-state index in [2.05, 4.69) is 5.32 Å². The van der Waals surface area contributed by atoms with Crippen LogP contribution < -0.4 is 5.32 Å². The van der Waals surface area contributed by atoms with Crippen LogP contribution in [0.15, 0.2) is 72.8 Å². The molecule has 0 aromatic heterocycles. The maximum Gasteiger partial charge on any atom is 0.243 e. The van der Waals surface area contributed by atoms with Gasteiger partial charge in [-0.2, -0.15) is 0 Å². The second kappa shape index (κ2) is 11.5. The van der Waals surface area contributed by atoms with Crippen molar-refractivity contribution >= 4 is 23.4 Å². The number of hydrogen-bond donors (Lipinski definition) is 1. The van der Waals surface area contributed by atoms with Gasteiger partial charge in [0.25, 0.3) is 0 Å². The third-order valence-electron chi connectivity index (χ3n) is 5.43. The van der Waals surface area contributed by atoms with E-state index in [0.29, 0.717) is 5.56 Å². The van der Waals surface area contributed by atoms with E-state index in [1.54, 1.807) is 12.1 Å². The zero-order valence-electron chi connectivity index (χ0n) is 20.0. The molecule has 4 nitrogen and oxygen atoms in total. The first-order chi connectivity index (χ1) is 16.5. The number of halogens is 3. The number of nitrogens with one attached hydrogen (secondary N) is 1. The molecular formula is C28H29ClF2N2O2. The Morgan fingerprint density at radius 1 is 0.914 bits per heavy atom. The molecule has 1 N–H and O–H groups in total. The molecule has 0 bridgehead atoms. The molecule has 3 rings (SSSR count). The van der Waals surface area contributed by atoms with Crippen LogP contribution in [-0.2, 0) is 29.0 Å². The summed E-state index contributed by atoms with van der Waals surface area (Å²) in [7, 11) is 0. The summed E-state index contributed by atoms with van der Waals surface area (Å²) < 4.78 is 28.0. The van der Waals surface area contributed by atoms with Crippen molar-refractivity contribution in [2.24, 2.45) is 0 Å². The summed E-state index contributed by atoms with van der Waals surface area (Å²) in [5, 5.41) is 3.10. The van der Waals surface area contributed by atoms with Gasteiger partial charge in [0, 0.05) is 29.1 Å². The predicted octanol–water partition coefficient (Wildman–Crippen LogP) is 5.72. The van der Waals surface area contributed by atoms with Gasteiger partial charge in [0.15, 0.2) is 0 Å². The van der Waals surface area contributed by atoms with E-state index >= 15 is 0 Å². The van der Waals surface area contributed by atoms with Crippen LogP contribution in [0.1, 0.15) is 37.5 Å². The Morgan fingerprint density at radius 2 is 1.57 bits per heavy atom. The molecule has 35 heavy (non-hydrogen) atoms. The van der Waals surface area contributed by atoms with Gasteiger partial charge < -0.3 is 10.2 Å². The Morgan fingerprint density at radius 3 is 2.17 bits per heavy atom. The molecule has 0 spiro atoms. The topological polar surface area (TPSA) is 49.4 Å². The minimum absolute atomic E-state index is 0.0419. The second-order valence-corrected chi connectivity index (χ2v) is 9.88. The van der Waals surface area contributed by atoms with Crippen LogP contribution in [-0.4, -0.2) is 28.3 Å². The number of benzene rings is 3. The van der Waals surface area contributed by atoms with Crippen molar-refractivity contribution in [1.82, 2.24) is 10.2 Å². The van der Waals surface area contributed by atoms with Crippen molar-refractivity contribution in [3.63, 3.8) is 0 Å². The monoisotopic (exact) mass is 498 g/mol. The fourth-order valence-electron chi connectivity index (χ4n) is 3.75. The molecule has 0 radical (unpaired) electrons. The van der Waals surface area contributed by atoms with Crippen LogP contribution in [0.25, 0.3) is 0 Å². The van der Waals surface area contributed by atoms with Crippen LogP contribution in [0.3, 0.4) is 0 Å². The lowest BCUT2D eigenvalue weighted by molar-refractivity contribution is -0.141. The maximum absolute atomic E-state index is 14.5. The van der Waals surface area contributed by atoms with Crippen molar-refractivity contribution in [3.05, 3.63) is 106 Å². The Kier molecular flexibility index (Phi) is 8.62.